The van der Waals surface area contributed by atoms with E-state index >= 15 is 0 Å². The summed E-state index contributed by atoms with van der Waals surface area (Å²) in [4.78, 5) is 18.1. The molecule has 1 N–H and O–H groups in total. The van der Waals surface area contributed by atoms with Gasteiger partial charge in [0, 0.05) is 4.47 Å². The summed E-state index contributed by atoms with van der Waals surface area (Å²) in [5.41, 5.74) is 1.90. The van der Waals surface area contributed by atoms with Crippen LogP contribution in [0.5, 0.6) is 11.5 Å². The van der Waals surface area contributed by atoms with E-state index in [0.717, 1.165) is 10.0 Å². The molecule has 0 radical (unpaired) electrons. The molecule has 0 saturated carbocycles. The number of aromatic nitrogens is 2. The highest BCUT2D eigenvalue weighted by atomic mass is 79.9. The molecule has 6 heteroatoms. The van der Waals surface area contributed by atoms with Gasteiger partial charge in [-0.05, 0) is 54.1 Å². The van der Waals surface area contributed by atoms with Gasteiger partial charge in [0.15, 0.2) is 0 Å². The number of hydrogen-bond acceptors (Lipinski definition) is 4. The number of nitrogens with zero attached hydrogens (tertiary/aromatic N) is 2. The lowest BCUT2D eigenvalue weighted by atomic mass is 10.2. The fourth-order valence-corrected chi connectivity index (χ4v) is 3.45. The average molecular weight is 449 g/mol. The van der Waals surface area contributed by atoms with E-state index in [0.29, 0.717) is 28.2 Å². The molecule has 1 heterocycles. The average Bonchev–Trinajstić information content (AvgIpc) is 2.74. The van der Waals surface area contributed by atoms with Crippen LogP contribution in [-0.2, 0) is 0 Å². The van der Waals surface area contributed by atoms with Gasteiger partial charge < -0.3 is 9.84 Å². The number of ether oxygens (including phenoxy) is 1. The third-order valence-corrected chi connectivity index (χ3v) is 4.99. The molecule has 0 aliphatic rings. The summed E-state index contributed by atoms with van der Waals surface area (Å²) in [5.74, 6) is 1.25. The number of phenols is 1. The fourth-order valence-electron chi connectivity index (χ4n) is 3.09. The van der Waals surface area contributed by atoms with Gasteiger partial charge in [-0.2, -0.15) is 0 Å². The van der Waals surface area contributed by atoms with Crippen molar-refractivity contribution >= 4 is 39.0 Å². The van der Waals surface area contributed by atoms with Gasteiger partial charge in [0.25, 0.3) is 5.56 Å². The van der Waals surface area contributed by atoms with Crippen LogP contribution in [0.4, 0.5) is 0 Å². The Hall–Kier alpha value is -3.38. The monoisotopic (exact) mass is 448 g/mol. The summed E-state index contributed by atoms with van der Waals surface area (Å²) in [6, 6.07) is 19.6. The van der Waals surface area contributed by atoms with Crippen LogP contribution in [0.2, 0.25) is 0 Å². The van der Waals surface area contributed by atoms with Crippen molar-refractivity contribution in [3.05, 3.63) is 92.9 Å². The minimum atomic E-state index is -0.189. The van der Waals surface area contributed by atoms with Gasteiger partial charge in [-0.25, -0.2) is 4.98 Å². The van der Waals surface area contributed by atoms with Gasteiger partial charge in [-0.3, -0.25) is 9.36 Å². The van der Waals surface area contributed by atoms with Gasteiger partial charge in [0.05, 0.1) is 23.7 Å². The summed E-state index contributed by atoms with van der Waals surface area (Å²) in [6.07, 6.45) is 3.62. The first-order chi connectivity index (χ1) is 14.1. The molecular formula is C23H17BrN2O3. The number of benzene rings is 3. The first-order valence-corrected chi connectivity index (χ1v) is 9.69. The predicted octanol–water partition coefficient (Wildman–Crippen LogP) is 5.03. The number of fused-ring (bicyclic) bond motifs is 1. The van der Waals surface area contributed by atoms with E-state index in [1.807, 2.05) is 36.4 Å². The number of hydrogen-bond donors (Lipinski definition) is 1. The van der Waals surface area contributed by atoms with Crippen molar-refractivity contribution < 1.29 is 9.84 Å². The summed E-state index contributed by atoms with van der Waals surface area (Å²) in [6.45, 7) is 0. The number of rotatable bonds is 4. The maximum atomic E-state index is 13.4. The number of aromatic hydroxyl groups is 1. The molecule has 0 amide bonds. The molecular weight excluding hydrogens is 432 g/mol. The topological polar surface area (TPSA) is 64.3 Å². The van der Waals surface area contributed by atoms with Crippen LogP contribution in [-0.4, -0.2) is 21.8 Å². The summed E-state index contributed by atoms with van der Waals surface area (Å²) < 4.78 is 7.83. The van der Waals surface area contributed by atoms with Gasteiger partial charge in [0.2, 0.25) is 0 Å². The van der Waals surface area contributed by atoms with E-state index in [9.17, 15) is 9.90 Å². The number of para-hydroxylation sites is 2. The second-order valence-electron chi connectivity index (χ2n) is 6.37. The van der Waals surface area contributed by atoms with Crippen molar-refractivity contribution in [2.24, 2.45) is 0 Å². The zero-order valence-corrected chi connectivity index (χ0v) is 17.1. The normalized spacial score (nSPS) is 11.2. The third-order valence-electron chi connectivity index (χ3n) is 4.50. The smallest absolute Gasteiger partial charge is 0.266 e. The maximum Gasteiger partial charge on any atom is 0.266 e. The Kier molecular flexibility index (Phi) is 5.18. The quantitative estimate of drug-likeness (QED) is 0.475. The van der Waals surface area contributed by atoms with E-state index in [1.165, 1.54) is 0 Å². The standard InChI is InChI=1S/C23H17BrN2O3/c1-29-21-5-3-2-4-20(21)26-22(13-8-15-6-10-17(27)11-7-15)25-19-12-9-16(24)14-18(19)23(26)28/h2-14,27H,1H3/b13-8+. The molecule has 0 unspecified atom stereocenters. The van der Waals surface area contributed by atoms with Crippen molar-refractivity contribution in [2.75, 3.05) is 7.11 Å². The Balaban J connectivity index is 1.98. The number of halogens is 1. The highest BCUT2D eigenvalue weighted by Gasteiger charge is 2.14. The molecule has 144 valence electrons. The predicted molar refractivity (Wildman–Crippen MR) is 119 cm³/mol. The van der Waals surface area contributed by atoms with E-state index in [-0.39, 0.29) is 11.3 Å². The fraction of sp³-hybridized carbons (Fsp3) is 0.0435. The van der Waals surface area contributed by atoms with Crippen LogP contribution < -0.4 is 10.3 Å². The third kappa shape index (κ3) is 3.79. The molecule has 5 nitrogen and oxygen atoms in total. The van der Waals surface area contributed by atoms with Gasteiger partial charge in [-0.1, -0.05) is 46.3 Å². The molecule has 0 atom stereocenters. The zero-order valence-electron chi connectivity index (χ0n) is 15.5. The van der Waals surface area contributed by atoms with Crippen LogP contribution in [0.15, 0.2) is 76.0 Å². The molecule has 4 rings (SSSR count). The van der Waals surface area contributed by atoms with Crippen molar-refractivity contribution in [3.63, 3.8) is 0 Å². The zero-order chi connectivity index (χ0) is 20.4. The lowest BCUT2D eigenvalue weighted by molar-refractivity contribution is 0.412. The minimum absolute atomic E-state index is 0.189. The second kappa shape index (κ2) is 7.93. The van der Waals surface area contributed by atoms with Crippen molar-refractivity contribution in [1.29, 1.82) is 0 Å². The number of methoxy groups -OCH3 is 1. The second-order valence-corrected chi connectivity index (χ2v) is 7.28. The van der Waals surface area contributed by atoms with Crippen LogP contribution in [0.3, 0.4) is 0 Å². The Morgan fingerprint density at radius 3 is 2.55 bits per heavy atom. The van der Waals surface area contributed by atoms with E-state index in [1.54, 1.807) is 54.2 Å². The Bertz CT molecular complexity index is 1280. The molecule has 0 saturated heterocycles. The molecule has 0 fully saturated rings. The molecule has 29 heavy (non-hydrogen) atoms. The Morgan fingerprint density at radius 2 is 1.79 bits per heavy atom. The lowest BCUT2D eigenvalue weighted by Gasteiger charge is -2.14. The van der Waals surface area contributed by atoms with Crippen LogP contribution >= 0.6 is 15.9 Å². The molecule has 0 aliphatic carbocycles. The van der Waals surface area contributed by atoms with Gasteiger partial charge in [0.1, 0.15) is 17.3 Å². The van der Waals surface area contributed by atoms with Gasteiger partial charge >= 0.3 is 0 Å². The summed E-state index contributed by atoms with van der Waals surface area (Å²) >= 11 is 3.43. The molecule has 1 aromatic heterocycles. The first kappa shape index (κ1) is 19.0. The molecule has 4 aromatic rings. The molecule has 0 aliphatic heterocycles. The first-order valence-electron chi connectivity index (χ1n) is 8.89. The Morgan fingerprint density at radius 1 is 1.03 bits per heavy atom. The van der Waals surface area contributed by atoms with Crippen molar-refractivity contribution in [3.8, 4) is 17.2 Å². The highest BCUT2D eigenvalue weighted by Crippen LogP contribution is 2.25. The summed E-state index contributed by atoms with van der Waals surface area (Å²) in [7, 11) is 1.57. The van der Waals surface area contributed by atoms with E-state index < -0.39 is 0 Å². The van der Waals surface area contributed by atoms with Crippen LogP contribution in [0.25, 0.3) is 28.7 Å². The van der Waals surface area contributed by atoms with Crippen molar-refractivity contribution in [2.45, 2.75) is 0 Å². The van der Waals surface area contributed by atoms with Crippen LogP contribution in [0.1, 0.15) is 11.4 Å². The molecule has 0 bridgehead atoms. The molecule has 3 aromatic carbocycles. The highest BCUT2D eigenvalue weighted by molar-refractivity contribution is 9.10. The SMILES string of the molecule is COc1ccccc1-n1c(/C=C/c2ccc(O)cc2)nc2ccc(Br)cc2c1=O. The van der Waals surface area contributed by atoms with E-state index in [4.69, 9.17) is 9.72 Å². The summed E-state index contributed by atoms with van der Waals surface area (Å²) in [5, 5.41) is 9.98. The van der Waals surface area contributed by atoms with E-state index in [2.05, 4.69) is 15.9 Å². The largest absolute Gasteiger partial charge is 0.508 e. The lowest BCUT2D eigenvalue weighted by Crippen LogP contribution is -2.22. The van der Waals surface area contributed by atoms with Gasteiger partial charge in [-0.15, -0.1) is 0 Å². The van der Waals surface area contributed by atoms with Crippen LogP contribution in [0, 0.1) is 0 Å². The molecule has 0 spiro atoms. The maximum absolute atomic E-state index is 13.4. The minimum Gasteiger partial charge on any atom is -0.508 e. The van der Waals surface area contributed by atoms with Crippen molar-refractivity contribution in [1.82, 2.24) is 9.55 Å². The Labute approximate surface area is 175 Å². The number of phenolic OH excluding ortho intramolecular Hbond substituents is 1.